The second-order valence-corrected chi connectivity index (χ2v) is 5.73. The molecule has 1 unspecified atom stereocenters. The van der Waals surface area contributed by atoms with E-state index < -0.39 is 6.10 Å². The number of hydrogen-bond acceptors (Lipinski definition) is 4. The van der Waals surface area contributed by atoms with Crippen molar-refractivity contribution in [2.75, 3.05) is 14.2 Å². The molecule has 2 rings (SSSR count). The van der Waals surface area contributed by atoms with Crippen LogP contribution < -0.4 is 9.47 Å². The van der Waals surface area contributed by atoms with Crippen LogP contribution >= 0.6 is 11.3 Å². The summed E-state index contributed by atoms with van der Waals surface area (Å²) in [6.45, 7) is 3.99. The summed E-state index contributed by atoms with van der Waals surface area (Å²) in [5.74, 6) is 1.31. The summed E-state index contributed by atoms with van der Waals surface area (Å²) in [6, 6.07) is 7.70. The van der Waals surface area contributed by atoms with Gasteiger partial charge in [-0.25, -0.2) is 0 Å². The molecule has 4 heteroatoms. The van der Waals surface area contributed by atoms with Crippen molar-refractivity contribution in [2.24, 2.45) is 0 Å². The zero-order valence-electron chi connectivity index (χ0n) is 11.6. The largest absolute Gasteiger partial charge is 0.493 e. The molecule has 3 nitrogen and oxygen atoms in total. The monoisotopic (exact) mass is 278 g/mol. The molecule has 0 aliphatic heterocycles. The van der Waals surface area contributed by atoms with Crippen molar-refractivity contribution in [1.82, 2.24) is 0 Å². The highest BCUT2D eigenvalue weighted by Gasteiger charge is 2.18. The van der Waals surface area contributed by atoms with Gasteiger partial charge in [0.2, 0.25) is 0 Å². The molecule has 0 spiro atoms. The first-order valence-electron chi connectivity index (χ1n) is 6.03. The molecule has 1 atom stereocenters. The van der Waals surface area contributed by atoms with Gasteiger partial charge in [-0.3, -0.25) is 0 Å². The average molecular weight is 278 g/mol. The van der Waals surface area contributed by atoms with Gasteiger partial charge in [0.25, 0.3) is 0 Å². The van der Waals surface area contributed by atoms with Gasteiger partial charge in [0.15, 0.2) is 11.5 Å². The van der Waals surface area contributed by atoms with Gasteiger partial charge in [-0.15, -0.1) is 11.3 Å². The summed E-state index contributed by atoms with van der Waals surface area (Å²) in [5.41, 5.74) is 1.83. The van der Waals surface area contributed by atoms with Crippen LogP contribution in [0.3, 0.4) is 0 Å². The second-order valence-electron chi connectivity index (χ2n) is 4.41. The first-order valence-corrected chi connectivity index (χ1v) is 6.85. The van der Waals surface area contributed by atoms with Gasteiger partial charge in [-0.2, -0.15) is 0 Å². The van der Waals surface area contributed by atoms with Gasteiger partial charge in [-0.1, -0.05) is 0 Å². The summed E-state index contributed by atoms with van der Waals surface area (Å²) in [6.07, 6.45) is -0.626. The number of aryl methyl sites for hydroxylation is 2. The van der Waals surface area contributed by atoms with Gasteiger partial charge in [0.05, 0.1) is 14.2 Å². The summed E-state index contributed by atoms with van der Waals surface area (Å²) in [4.78, 5) is 2.12. The molecule has 0 saturated carbocycles. The molecule has 1 N–H and O–H groups in total. The fourth-order valence-electron chi connectivity index (χ4n) is 2.04. The number of hydrogen-bond donors (Lipinski definition) is 1. The fraction of sp³-hybridized carbons (Fsp3) is 0.333. The molecular formula is C15H18O3S. The molecule has 0 aliphatic rings. The van der Waals surface area contributed by atoms with Crippen LogP contribution in [0.15, 0.2) is 24.3 Å². The van der Waals surface area contributed by atoms with Gasteiger partial charge < -0.3 is 14.6 Å². The number of benzene rings is 1. The first kappa shape index (κ1) is 13.9. The van der Waals surface area contributed by atoms with Crippen molar-refractivity contribution < 1.29 is 14.6 Å². The lowest BCUT2D eigenvalue weighted by molar-refractivity contribution is 0.222. The van der Waals surface area contributed by atoms with E-state index >= 15 is 0 Å². The van der Waals surface area contributed by atoms with E-state index in [0.717, 1.165) is 16.0 Å². The molecule has 2 aromatic rings. The minimum Gasteiger partial charge on any atom is -0.493 e. The lowest BCUT2D eigenvalue weighted by Crippen LogP contribution is -2.02. The first-order chi connectivity index (χ1) is 9.06. The summed E-state index contributed by atoms with van der Waals surface area (Å²) in [7, 11) is 3.20. The Morgan fingerprint density at radius 2 is 1.68 bits per heavy atom. The van der Waals surface area contributed by atoms with Crippen molar-refractivity contribution in [3.63, 3.8) is 0 Å². The number of aliphatic hydroxyl groups excluding tert-OH is 1. The Morgan fingerprint density at radius 3 is 2.21 bits per heavy atom. The number of thiophene rings is 1. The predicted octanol–water partition coefficient (Wildman–Crippen LogP) is 3.46. The standard InChI is InChI=1S/C15H18O3S/c1-9-7-12(17-3)13(18-4)8-11(9)15(16)14-6-5-10(2)19-14/h5-8,15-16H,1-4H3. The Morgan fingerprint density at radius 1 is 1.05 bits per heavy atom. The van der Waals surface area contributed by atoms with E-state index in [1.165, 1.54) is 4.88 Å². The molecule has 0 fully saturated rings. The molecular weight excluding hydrogens is 260 g/mol. The molecule has 0 radical (unpaired) electrons. The topological polar surface area (TPSA) is 38.7 Å². The van der Waals surface area contributed by atoms with Crippen LogP contribution in [0.25, 0.3) is 0 Å². The van der Waals surface area contributed by atoms with E-state index in [1.807, 2.05) is 38.1 Å². The van der Waals surface area contributed by atoms with Crippen molar-refractivity contribution in [3.05, 3.63) is 45.1 Å². The van der Waals surface area contributed by atoms with Crippen LogP contribution in [0.4, 0.5) is 0 Å². The highest BCUT2D eigenvalue weighted by Crippen LogP contribution is 2.36. The minimum absolute atomic E-state index is 0.626. The molecule has 0 aliphatic carbocycles. The molecule has 19 heavy (non-hydrogen) atoms. The van der Waals surface area contributed by atoms with Crippen molar-refractivity contribution >= 4 is 11.3 Å². The third kappa shape index (κ3) is 2.74. The predicted molar refractivity (Wildman–Crippen MR) is 77.4 cm³/mol. The maximum atomic E-state index is 10.5. The van der Waals surface area contributed by atoms with E-state index in [1.54, 1.807) is 25.6 Å². The van der Waals surface area contributed by atoms with Crippen molar-refractivity contribution in [3.8, 4) is 11.5 Å². The summed E-state index contributed by atoms with van der Waals surface area (Å²) < 4.78 is 10.5. The SMILES string of the molecule is COc1cc(C)c(C(O)c2ccc(C)s2)cc1OC. The average Bonchev–Trinajstić information content (AvgIpc) is 2.84. The van der Waals surface area contributed by atoms with Gasteiger partial charge in [-0.05, 0) is 49.2 Å². The maximum Gasteiger partial charge on any atom is 0.161 e. The highest BCUT2D eigenvalue weighted by molar-refractivity contribution is 7.12. The lowest BCUT2D eigenvalue weighted by atomic mass is 10.0. The van der Waals surface area contributed by atoms with Crippen molar-refractivity contribution in [2.45, 2.75) is 20.0 Å². The minimum atomic E-state index is -0.626. The third-order valence-electron chi connectivity index (χ3n) is 3.10. The molecule has 0 amide bonds. The summed E-state index contributed by atoms with van der Waals surface area (Å²) >= 11 is 1.60. The molecule has 1 aromatic heterocycles. The quantitative estimate of drug-likeness (QED) is 0.930. The Bertz CT molecular complexity index is 575. The number of methoxy groups -OCH3 is 2. The highest BCUT2D eigenvalue weighted by atomic mass is 32.1. The Kier molecular flexibility index (Phi) is 4.12. The van der Waals surface area contributed by atoms with Crippen LogP contribution in [-0.2, 0) is 0 Å². The van der Waals surface area contributed by atoms with Gasteiger partial charge in [0, 0.05) is 9.75 Å². The molecule has 1 aromatic carbocycles. The maximum absolute atomic E-state index is 10.5. The Hall–Kier alpha value is -1.52. The van der Waals surface area contributed by atoms with E-state index in [4.69, 9.17) is 9.47 Å². The fourth-order valence-corrected chi connectivity index (χ4v) is 2.93. The normalized spacial score (nSPS) is 12.3. The molecule has 0 bridgehead atoms. The van der Waals surface area contributed by atoms with Crippen LogP contribution in [0.2, 0.25) is 0 Å². The second kappa shape index (κ2) is 5.63. The zero-order chi connectivity index (χ0) is 14.0. The Labute approximate surface area is 117 Å². The Balaban J connectivity index is 2.44. The number of ether oxygens (including phenoxy) is 2. The van der Waals surface area contributed by atoms with Gasteiger partial charge >= 0.3 is 0 Å². The summed E-state index contributed by atoms with van der Waals surface area (Å²) in [5, 5.41) is 10.5. The van der Waals surface area contributed by atoms with Crippen LogP contribution in [0.5, 0.6) is 11.5 Å². The van der Waals surface area contributed by atoms with E-state index in [2.05, 4.69) is 0 Å². The smallest absolute Gasteiger partial charge is 0.161 e. The molecule has 0 saturated heterocycles. The zero-order valence-corrected chi connectivity index (χ0v) is 12.4. The van der Waals surface area contributed by atoms with E-state index in [9.17, 15) is 5.11 Å². The number of rotatable bonds is 4. The van der Waals surface area contributed by atoms with Gasteiger partial charge in [0.1, 0.15) is 6.10 Å². The molecule has 1 heterocycles. The van der Waals surface area contributed by atoms with Crippen LogP contribution in [0.1, 0.15) is 27.0 Å². The van der Waals surface area contributed by atoms with E-state index in [-0.39, 0.29) is 0 Å². The van der Waals surface area contributed by atoms with E-state index in [0.29, 0.717) is 11.5 Å². The molecule has 102 valence electrons. The van der Waals surface area contributed by atoms with Crippen LogP contribution in [0, 0.1) is 13.8 Å². The number of aliphatic hydroxyl groups is 1. The van der Waals surface area contributed by atoms with Crippen LogP contribution in [-0.4, -0.2) is 19.3 Å². The lowest BCUT2D eigenvalue weighted by Gasteiger charge is -2.16. The third-order valence-corrected chi connectivity index (χ3v) is 4.15. The van der Waals surface area contributed by atoms with Crippen molar-refractivity contribution in [1.29, 1.82) is 0 Å².